The number of benzene rings is 1. The minimum absolute atomic E-state index is 0.408. The first-order valence-corrected chi connectivity index (χ1v) is 9.16. The lowest BCUT2D eigenvalue weighted by molar-refractivity contribution is 0.161. The van der Waals surface area contributed by atoms with Crippen LogP contribution in [0.15, 0.2) is 29.4 Å². The molecule has 0 saturated carbocycles. The van der Waals surface area contributed by atoms with Crippen molar-refractivity contribution >= 4 is 30.3 Å². The highest BCUT2D eigenvalue weighted by Crippen LogP contribution is 2.49. The highest BCUT2D eigenvalue weighted by molar-refractivity contribution is 8.07. The van der Waals surface area contributed by atoms with Gasteiger partial charge in [0.15, 0.2) is 0 Å². The smallest absolute Gasteiger partial charge is 0.424 e. The fourth-order valence-electron chi connectivity index (χ4n) is 1.46. The van der Waals surface area contributed by atoms with Gasteiger partial charge in [0.1, 0.15) is 5.75 Å². The SMILES string of the molecule is CCOP(=S)(OCC)Oc1ccc(/C(C)=N/OC(N)=O)cc1. The number of amides is 1. The third-order valence-electron chi connectivity index (χ3n) is 2.34. The molecule has 22 heavy (non-hydrogen) atoms. The number of hydrogen-bond acceptors (Lipinski definition) is 7. The lowest BCUT2D eigenvalue weighted by atomic mass is 10.1. The summed E-state index contributed by atoms with van der Waals surface area (Å²) in [4.78, 5) is 14.9. The first kappa shape index (κ1) is 18.6. The van der Waals surface area contributed by atoms with Crippen LogP contribution in [0.5, 0.6) is 5.75 Å². The van der Waals surface area contributed by atoms with Crippen molar-refractivity contribution < 1.29 is 23.2 Å². The maximum Gasteiger partial charge on any atom is 0.430 e. The number of carbonyl (C=O) groups excluding carboxylic acids is 1. The Morgan fingerprint density at radius 2 is 1.77 bits per heavy atom. The number of hydrogen-bond donors (Lipinski definition) is 1. The number of nitrogens with zero attached hydrogens (tertiary/aromatic N) is 1. The summed E-state index contributed by atoms with van der Waals surface area (Å²) in [6, 6.07) is 6.90. The minimum atomic E-state index is -2.79. The van der Waals surface area contributed by atoms with Gasteiger partial charge in [-0.2, -0.15) is 0 Å². The predicted octanol–water partition coefficient (Wildman–Crippen LogP) is 3.18. The van der Waals surface area contributed by atoms with Gasteiger partial charge in [-0.1, -0.05) is 5.16 Å². The Morgan fingerprint density at radius 1 is 1.23 bits per heavy atom. The number of primary amides is 1. The molecular formula is C13H19N2O5PS. The van der Waals surface area contributed by atoms with E-state index in [0.29, 0.717) is 24.7 Å². The van der Waals surface area contributed by atoms with E-state index in [4.69, 9.17) is 31.1 Å². The summed E-state index contributed by atoms with van der Waals surface area (Å²) in [5.41, 5.74) is 6.09. The highest BCUT2D eigenvalue weighted by Gasteiger charge is 2.21. The van der Waals surface area contributed by atoms with Crippen LogP contribution in [0.1, 0.15) is 26.3 Å². The third-order valence-corrected chi connectivity index (χ3v) is 4.78. The van der Waals surface area contributed by atoms with Gasteiger partial charge in [0, 0.05) is 11.8 Å². The van der Waals surface area contributed by atoms with Crippen molar-refractivity contribution in [2.45, 2.75) is 20.8 Å². The monoisotopic (exact) mass is 346 g/mol. The Balaban J connectivity index is 2.81. The zero-order valence-corrected chi connectivity index (χ0v) is 14.4. The minimum Gasteiger partial charge on any atom is -0.424 e. The van der Waals surface area contributed by atoms with Gasteiger partial charge < -0.3 is 10.3 Å². The van der Waals surface area contributed by atoms with Crippen LogP contribution in [0.25, 0.3) is 0 Å². The second-order valence-electron chi connectivity index (χ2n) is 3.99. The van der Waals surface area contributed by atoms with Crippen LogP contribution in [0.4, 0.5) is 4.79 Å². The zero-order valence-electron chi connectivity index (χ0n) is 12.6. The summed E-state index contributed by atoms with van der Waals surface area (Å²) >= 11 is 5.29. The van der Waals surface area contributed by atoms with Crippen molar-refractivity contribution in [1.82, 2.24) is 0 Å². The van der Waals surface area contributed by atoms with Gasteiger partial charge in [0.25, 0.3) is 0 Å². The molecule has 0 fully saturated rings. The van der Waals surface area contributed by atoms with Crippen LogP contribution in [0.2, 0.25) is 0 Å². The molecule has 0 radical (unpaired) electrons. The molecular weight excluding hydrogens is 327 g/mol. The van der Waals surface area contributed by atoms with Gasteiger partial charge in [-0.05, 0) is 50.6 Å². The summed E-state index contributed by atoms with van der Waals surface area (Å²) in [6.45, 7) is 3.36. The van der Waals surface area contributed by atoms with Crippen LogP contribution < -0.4 is 10.3 Å². The fourth-order valence-corrected chi connectivity index (χ4v) is 3.54. The largest absolute Gasteiger partial charge is 0.430 e. The molecule has 0 saturated heterocycles. The summed E-state index contributed by atoms with van der Waals surface area (Å²) in [6.07, 6.45) is -0.964. The number of oxime groups is 1. The standard InChI is InChI=1S/C13H19N2O5PS/c1-4-17-21(22,18-5-2)20-12-8-6-11(7-9-12)10(3)15-19-13(14)16/h6-9H,4-5H2,1-3H3,(H2,14,16)/b15-10+. The van der Waals surface area contributed by atoms with Crippen molar-refractivity contribution in [2.24, 2.45) is 10.9 Å². The first-order chi connectivity index (χ1) is 10.4. The lowest BCUT2D eigenvalue weighted by Crippen LogP contribution is -2.10. The lowest BCUT2D eigenvalue weighted by Gasteiger charge is -2.21. The average molecular weight is 346 g/mol. The number of rotatable bonds is 8. The summed E-state index contributed by atoms with van der Waals surface area (Å²) in [5.74, 6) is 0.526. The van der Waals surface area contributed by atoms with E-state index in [1.807, 2.05) is 13.8 Å². The first-order valence-electron chi connectivity index (χ1n) is 6.60. The topological polar surface area (TPSA) is 92.4 Å². The van der Waals surface area contributed by atoms with E-state index in [1.165, 1.54) is 0 Å². The van der Waals surface area contributed by atoms with Crippen molar-refractivity contribution in [3.63, 3.8) is 0 Å². The molecule has 0 bridgehead atoms. The van der Waals surface area contributed by atoms with Gasteiger partial charge in [0.2, 0.25) is 0 Å². The van der Waals surface area contributed by atoms with Crippen molar-refractivity contribution in [1.29, 1.82) is 0 Å². The van der Waals surface area contributed by atoms with Gasteiger partial charge in [-0.3, -0.25) is 13.9 Å². The Hall–Kier alpha value is -1.47. The normalized spacial score (nSPS) is 12.0. The van der Waals surface area contributed by atoms with E-state index >= 15 is 0 Å². The highest BCUT2D eigenvalue weighted by atomic mass is 32.5. The molecule has 0 heterocycles. The van der Waals surface area contributed by atoms with Crippen molar-refractivity contribution in [3.8, 4) is 5.75 Å². The van der Waals surface area contributed by atoms with Crippen molar-refractivity contribution in [2.75, 3.05) is 13.2 Å². The van der Waals surface area contributed by atoms with Gasteiger partial charge in [-0.15, -0.1) is 0 Å². The zero-order chi connectivity index (χ0) is 16.6. The molecule has 0 spiro atoms. The van der Waals surface area contributed by atoms with Gasteiger partial charge in [0.05, 0.1) is 18.9 Å². The Morgan fingerprint density at radius 3 is 2.23 bits per heavy atom. The van der Waals surface area contributed by atoms with E-state index in [2.05, 4.69) is 9.99 Å². The maximum atomic E-state index is 10.5. The van der Waals surface area contributed by atoms with Gasteiger partial charge in [-0.25, -0.2) is 4.79 Å². The Bertz CT molecular complexity index is 566. The quantitative estimate of drug-likeness (QED) is 0.336. The fraction of sp³-hybridized carbons (Fsp3) is 0.385. The number of carbonyl (C=O) groups is 1. The van der Waals surface area contributed by atoms with E-state index in [-0.39, 0.29) is 0 Å². The molecule has 1 aromatic carbocycles. The average Bonchev–Trinajstić information content (AvgIpc) is 2.45. The van der Waals surface area contributed by atoms with Crippen molar-refractivity contribution in [3.05, 3.63) is 29.8 Å². The molecule has 0 atom stereocenters. The molecule has 0 aliphatic rings. The van der Waals surface area contributed by atoms with E-state index < -0.39 is 12.8 Å². The summed E-state index contributed by atoms with van der Waals surface area (Å²) < 4.78 is 16.5. The molecule has 1 aromatic rings. The van der Waals surface area contributed by atoms with Gasteiger partial charge >= 0.3 is 12.8 Å². The van der Waals surface area contributed by atoms with Crippen LogP contribution >= 0.6 is 6.72 Å². The Labute approximate surface area is 134 Å². The van der Waals surface area contributed by atoms with Crippen LogP contribution in [0, 0.1) is 0 Å². The third kappa shape index (κ3) is 6.11. The molecule has 0 aromatic heterocycles. The Kier molecular flexibility index (Phi) is 7.47. The molecule has 1 rings (SSSR count). The molecule has 2 N–H and O–H groups in total. The molecule has 0 unspecified atom stereocenters. The summed E-state index contributed by atoms with van der Waals surface area (Å²) in [5, 5.41) is 3.60. The number of nitrogens with two attached hydrogens (primary N) is 1. The summed E-state index contributed by atoms with van der Waals surface area (Å²) in [7, 11) is 0. The van der Waals surface area contributed by atoms with E-state index in [1.54, 1.807) is 31.2 Å². The molecule has 0 aliphatic heterocycles. The van der Waals surface area contributed by atoms with Crippen LogP contribution in [-0.2, 0) is 25.7 Å². The molecule has 0 aliphatic carbocycles. The molecule has 1 amide bonds. The maximum absolute atomic E-state index is 10.5. The second kappa shape index (κ2) is 8.85. The van der Waals surface area contributed by atoms with Crippen LogP contribution in [0.3, 0.4) is 0 Å². The predicted molar refractivity (Wildman–Crippen MR) is 87.5 cm³/mol. The van der Waals surface area contributed by atoms with E-state index in [0.717, 1.165) is 5.56 Å². The van der Waals surface area contributed by atoms with E-state index in [9.17, 15) is 4.79 Å². The molecule has 7 nitrogen and oxygen atoms in total. The second-order valence-corrected chi connectivity index (χ2v) is 6.92. The molecule has 9 heteroatoms. The molecule has 122 valence electrons. The van der Waals surface area contributed by atoms with Crippen LogP contribution in [-0.4, -0.2) is 25.0 Å².